The van der Waals surface area contributed by atoms with Gasteiger partial charge >= 0.3 is 0 Å². The Morgan fingerprint density at radius 1 is 1.10 bits per heavy atom. The van der Waals surface area contributed by atoms with Gasteiger partial charge in [-0.15, -0.1) is 0 Å². The van der Waals surface area contributed by atoms with Crippen LogP contribution in [-0.4, -0.2) is 11.9 Å². The van der Waals surface area contributed by atoms with Crippen molar-refractivity contribution in [3.8, 4) is 0 Å². The highest BCUT2D eigenvalue weighted by atomic mass is 79.9. The Hall–Kier alpha value is -1.36. The zero-order chi connectivity index (χ0) is 14.3. The standard InChI is InChI=1S/C15H16BrNO3/c16-10-3-5-11(6-4-10)17-14(18)12-8-1-2-9(7-8)13(12)15(19)20/h3-6,8-9,12-13H,1-2,7H2,(H,17,18)(H,19,20)/p-1/t8-,9+,12+,13+/m1/s1. The normalized spacial score (nSPS) is 31.2. The second-order valence-corrected chi connectivity index (χ2v) is 6.62. The number of anilines is 1. The molecule has 2 aliphatic rings. The molecule has 0 spiro atoms. The lowest BCUT2D eigenvalue weighted by Crippen LogP contribution is -2.43. The van der Waals surface area contributed by atoms with Crippen LogP contribution < -0.4 is 10.4 Å². The molecule has 0 aliphatic heterocycles. The number of nitrogens with one attached hydrogen (secondary N) is 1. The number of benzene rings is 1. The molecule has 0 radical (unpaired) electrons. The first kappa shape index (κ1) is 13.6. The van der Waals surface area contributed by atoms with E-state index in [9.17, 15) is 14.7 Å². The number of carbonyl (C=O) groups excluding carboxylic acids is 2. The first-order chi connectivity index (χ1) is 9.56. The molecule has 4 atom stereocenters. The Kier molecular flexibility index (Phi) is 3.54. The van der Waals surface area contributed by atoms with E-state index >= 15 is 0 Å². The van der Waals surface area contributed by atoms with Gasteiger partial charge in [-0.3, -0.25) is 4.79 Å². The molecule has 3 rings (SSSR count). The van der Waals surface area contributed by atoms with Crippen molar-refractivity contribution in [1.82, 2.24) is 0 Å². The maximum atomic E-state index is 12.4. The Balaban J connectivity index is 1.76. The molecule has 20 heavy (non-hydrogen) atoms. The average Bonchev–Trinajstić information content (AvgIpc) is 3.01. The fourth-order valence-corrected chi connectivity index (χ4v) is 4.03. The summed E-state index contributed by atoms with van der Waals surface area (Å²) in [6, 6.07) is 7.27. The Morgan fingerprint density at radius 3 is 2.30 bits per heavy atom. The summed E-state index contributed by atoms with van der Waals surface area (Å²) in [6.07, 6.45) is 2.70. The Morgan fingerprint density at radius 2 is 1.70 bits per heavy atom. The lowest BCUT2D eigenvalue weighted by atomic mass is 9.78. The van der Waals surface area contributed by atoms with Gasteiger partial charge in [0.1, 0.15) is 0 Å². The molecule has 0 unspecified atom stereocenters. The van der Waals surface area contributed by atoms with Crippen molar-refractivity contribution in [3.63, 3.8) is 0 Å². The largest absolute Gasteiger partial charge is 0.550 e. The smallest absolute Gasteiger partial charge is 0.228 e. The first-order valence-corrected chi connectivity index (χ1v) is 7.63. The van der Waals surface area contributed by atoms with E-state index < -0.39 is 17.8 Å². The molecular formula is C15H15BrNO3-. The summed E-state index contributed by atoms with van der Waals surface area (Å²) in [6.45, 7) is 0. The fraction of sp³-hybridized carbons (Fsp3) is 0.467. The average molecular weight is 337 g/mol. The van der Waals surface area contributed by atoms with E-state index in [0.29, 0.717) is 5.69 Å². The van der Waals surface area contributed by atoms with Crippen LogP contribution in [0.25, 0.3) is 0 Å². The number of carboxylic acids is 1. The highest BCUT2D eigenvalue weighted by Gasteiger charge is 2.51. The summed E-state index contributed by atoms with van der Waals surface area (Å²) >= 11 is 3.33. The van der Waals surface area contributed by atoms with Crippen molar-refractivity contribution in [2.75, 3.05) is 5.32 Å². The van der Waals surface area contributed by atoms with Gasteiger partial charge in [0.05, 0.1) is 0 Å². The molecule has 1 N–H and O–H groups in total. The number of aliphatic carboxylic acids is 1. The predicted molar refractivity (Wildman–Crippen MR) is 75.6 cm³/mol. The second kappa shape index (κ2) is 5.20. The van der Waals surface area contributed by atoms with Crippen LogP contribution in [0, 0.1) is 23.7 Å². The number of amides is 1. The zero-order valence-corrected chi connectivity index (χ0v) is 12.4. The topological polar surface area (TPSA) is 69.2 Å². The highest BCUT2D eigenvalue weighted by Crippen LogP contribution is 2.52. The molecule has 2 aliphatic carbocycles. The van der Waals surface area contributed by atoms with Gasteiger partial charge in [0.2, 0.25) is 5.91 Å². The monoisotopic (exact) mass is 336 g/mol. The van der Waals surface area contributed by atoms with Crippen molar-refractivity contribution < 1.29 is 14.7 Å². The van der Waals surface area contributed by atoms with Gasteiger partial charge in [-0.05, 0) is 55.4 Å². The number of hydrogen-bond acceptors (Lipinski definition) is 3. The summed E-state index contributed by atoms with van der Waals surface area (Å²) in [4.78, 5) is 23.7. The maximum Gasteiger partial charge on any atom is 0.228 e. The fourth-order valence-electron chi connectivity index (χ4n) is 3.77. The van der Waals surface area contributed by atoms with E-state index in [2.05, 4.69) is 21.2 Å². The van der Waals surface area contributed by atoms with Crippen LogP contribution in [0.1, 0.15) is 19.3 Å². The minimum atomic E-state index is -1.08. The van der Waals surface area contributed by atoms with Gasteiger partial charge in [-0.2, -0.15) is 0 Å². The van der Waals surface area contributed by atoms with E-state index in [1.807, 2.05) is 12.1 Å². The van der Waals surface area contributed by atoms with Crippen molar-refractivity contribution in [3.05, 3.63) is 28.7 Å². The number of carbonyl (C=O) groups is 2. The van der Waals surface area contributed by atoms with E-state index in [-0.39, 0.29) is 17.7 Å². The van der Waals surface area contributed by atoms with E-state index in [1.54, 1.807) is 12.1 Å². The predicted octanol–water partition coefficient (Wildman–Crippen LogP) is 1.80. The molecular weight excluding hydrogens is 322 g/mol. The third-order valence-electron chi connectivity index (χ3n) is 4.60. The molecule has 0 heterocycles. The van der Waals surface area contributed by atoms with Gasteiger partial charge in [0, 0.05) is 28.0 Å². The molecule has 2 fully saturated rings. The molecule has 0 aromatic heterocycles. The van der Waals surface area contributed by atoms with Crippen molar-refractivity contribution in [1.29, 1.82) is 0 Å². The van der Waals surface area contributed by atoms with E-state index in [1.165, 1.54) is 0 Å². The SMILES string of the molecule is O=C([O-])[C@H]1[C@H]2CC[C@H](C2)[C@@H]1C(=O)Nc1ccc(Br)cc1. The summed E-state index contributed by atoms with van der Waals surface area (Å²) in [7, 11) is 0. The lowest BCUT2D eigenvalue weighted by molar-refractivity contribution is -0.314. The van der Waals surface area contributed by atoms with Gasteiger partial charge < -0.3 is 15.2 Å². The molecule has 2 saturated carbocycles. The number of carboxylic acid groups (broad SMARTS) is 1. The Bertz CT molecular complexity index is 543. The van der Waals surface area contributed by atoms with Crippen LogP contribution in [-0.2, 0) is 9.59 Å². The maximum absolute atomic E-state index is 12.4. The molecule has 0 saturated heterocycles. The van der Waals surface area contributed by atoms with Crippen LogP contribution in [0.4, 0.5) is 5.69 Å². The van der Waals surface area contributed by atoms with Gasteiger partial charge in [-0.1, -0.05) is 15.9 Å². The molecule has 1 aromatic rings. The van der Waals surface area contributed by atoms with Gasteiger partial charge in [-0.25, -0.2) is 0 Å². The van der Waals surface area contributed by atoms with Crippen LogP contribution >= 0.6 is 15.9 Å². The van der Waals surface area contributed by atoms with Crippen LogP contribution in [0.2, 0.25) is 0 Å². The molecule has 5 heteroatoms. The summed E-state index contributed by atoms with van der Waals surface area (Å²) in [5, 5.41) is 14.1. The Labute approximate surface area is 125 Å². The third kappa shape index (κ3) is 2.35. The van der Waals surface area contributed by atoms with Gasteiger partial charge in [0.15, 0.2) is 0 Å². The summed E-state index contributed by atoms with van der Waals surface area (Å²) in [5.74, 6) is -2.02. The molecule has 1 aromatic carbocycles. The molecule has 2 bridgehead atoms. The van der Waals surface area contributed by atoms with Crippen molar-refractivity contribution >= 4 is 33.5 Å². The highest BCUT2D eigenvalue weighted by molar-refractivity contribution is 9.10. The molecule has 4 nitrogen and oxygen atoms in total. The van der Waals surface area contributed by atoms with Crippen LogP contribution in [0.5, 0.6) is 0 Å². The lowest BCUT2D eigenvalue weighted by Gasteiger charge is -2.30. The van der Waals surface area contributed by atoms with Gasteiger partial charge in [0.25, 0.3) is 0 Å². The summed E-state index contributed by atoms with van der Waals surface area (Å²) < 4.78 is 0.933. The first-order valence-electron chi connectivity index (χ1n) is 6.83. The number of rotatable bonds is 3. The molecule has 1 amide bonds. The van der Waals surface area contributed by atoms with E-state index in [0.717, 1.165) is 23.7 Å². The minimum Gasteiger partial charge on any atom is -0.550 e. The van der Waals surface area contributed by atoms with Crippen LogP contribution in [0.15, 0.2) is 28.7 Å². The zero-order valence-electron chi connectivity index (χ0n) is 10.8. The van der Waals surface area contributed by atoms with Crippen molar-refractivity contribution in [2.24, 2.45) is 23.7 Å². The van der Waals surface area contributed by atoms with Crippen LogP contribution in [0.3, 0.4) is 0 Å². The second-order valence-electron chi connectivity index (χ2n) is 5.70. The minimum absolute atomic E-state index is 0.116. The number of halogens is 1. The number of hydrogen-bond donors (Lipinski definition) is 1. The quantitative estimate of drug-likeness (QED) is 0.914. The third-order valence-corrected chi connectivity index (χ3v) is 5.13. The molecule has 106 valence electrons. The summed E-state index contributed by atoms with van der Waals surface area (Å²) in [5.41, 5.74) is 0.693. The number of fused-ring (bicyclic) bond motifs is 2. The van der Waals surface area contributed by atoms with Crippen molar-refractivity contribution in [2.45, 2.75) is 19.3 Å². The van der Waals surface area contributed by atoms with E-state index in [4.69, 9.17) is 0 Å².